The summed E-state index contributed by atoms with van der Waals surface area (Å²) < 4.78 is 3.73. The number of nitrogens with one attached hydrogen (secondary N) is 1. The Hall–Kier alpha value is -1.01. The molecule has 2 atom stereocenters. The van der Waals surface area contributed by atoms with Crippen LogP contribution in [0.1, 0.15) is 11.6 Å². The van der Waals surface area contributed by atoms with Crippen molar-refractivity contribution < 1.29 is 9.90 Å². The van der Waals surface area contributed by atoms with Gasteiger partial charge in [0.25, 0.3) is 0 Å². The fourth-order valence-corrected chi connectivity index (χ4v) is 2.10. The maximum Gasteiger partial charge on any atom is 0.308 e. The van der Waals surface area contributed by atoms with Crippen molar-refractivity contribution in [3.63, 3.8) is 0 Å². The van der Waals surface area contributed by atoms with Crippen LogP contribution in [0.5, 0.6) is 0 Å². The minimum Gasteiger partial charge on any atom is -0.481 e. The molecule has 1 aliphatic heterocycles. The van der Waals surface area contributed by atoms with Gasteiger partial charge in [-0.25, -0.2) is 0 Å². The van der Waals surface area contributed by atoms with Gasteiger partial charge in [-0.05, 0) is 11.5 Å². The fourth-order valence-electron chi connectivity index (χ4n) is 1.58. The lowest BCUT2D eigenvalue weighted by Crippen LogP contribution is -2.21. The van der Waals surface area contributed by atoms with E-state index in [4.69, 9.17) is 5.11 Å². The number of nitrogens with zero attached hydrogens (tertiary/aromatic N) is 2. The molecule has 0 aliphatic carbocycles. The van der Waals surface area contributed by atoms with Crippen LogP contribution in [0.3, 0.4) is 0 Å². The lowest BCUT2D eigenvalue weighted by Gasteiger charge is -2.10. The highest BCUT2D eigenvalue weighted by Gasteiger charge is 2.35. The number of carboxylic acid groups (broad SMARTS) is 1. The van der Waals surface area contributed by atoms with Crippen molar-refractivity contribution in [2.24, 2.45) is 5.92 Å². The van der Waals surface area contributed by atoms with Crippen LogP contribution < -0.4 is 5.32 Å². The van der Waals surface area contributed by atoms with Crippen LogP contribution in [0.2, 0.25) is 0 Å². The fraction of sp³-hybridized carbons (Fsp3) is 0.571. The van der Waals surface area contributed by atoms with E-state index >= 15 is 0 Å². The molecule has 5 nitrogen and oxygen atoms in total. The molecule has 0 radical (unpaired) electrons. The van der Waals surface area contributed by atoms with Crippen LogP contribution >= 0.6 is 11.5 Å². The second kappa shape index (κ2) is 3.39. The first-order valence-electron chi connectivity index (χ1n) is 3.99. The molecule has 2 unspecified atom stereocenters. The third-order valence-electron chi connectivity index (χ3n) is 2.29. The van der Waals surface area contributed by atoms with E-state index in [2.05, 4.69) is 14.9 Å². The first-order chi connectivity index (χ1) is 6.29. The van der Waals surface area contributed by atoms with E-state index in [0.717, 1.165) is 5.69 Å². The molecule has 2 N–H and O–H groups in total. The normalized spacial score (nSPS) is 27.7. The Kier molecular flexibility index (Phi) is 2.24. The molecule has 1 aromatic heterocycles. The molecule has 6 heteroatoms. The number of aliphatic carboxylic acids is 1. The van der Waals surface area contributed by atoms with Gasteiger partial charge in [0.05, 0.1) is 11.6 Å². The molecule has 1 aromatic rings. The molecule has 1 aliphatic rings. The number of hydrogen-bond donors (Lipinski definition) is 2. The average molecular weight is 199 g/mol. The molecule has 0 bridgehead atoms. The summed E-state index contributed by atoms with van der Waals surface area (Å²) in [4.78, 5) is 10.8. The second-order valence-corrected chi connectivity index (χ2v) is 3.65. The summed E-state index contributed by atoms with van der Waals surface area (Å²) >= 11 is 1.26. The van der Waals surface area contributed by atoms with Gasteiger partial charge in [0, 0.05) is 24.4 Å². The van der Waals surface area contributed by atoms with Gasteiger partial charge in [-0.3, -0.25) is 4.79 Å². The summed E-state index contributed by atoms with van der Waals surface area (Å²) in [6.07, 6.45) is 0. The monoisotopic (exact) mass is 199 g/mol. The lowest BCUT2D eigenvalue weighted by atomic mass is 9.94. The Morgan fingerprint density at radius 3 is 3.15 bits per heavy atom. The van der Waals surface area contributed by atoms with E-state index in [1.807, 2.05) is 5.38 Å². The van der Waals surface area contributed by atoms with Crippen molar-refractivity contribution in [3.8, 4) is 0 Å². The van der Waals surface area contributed by atoms with Gasteiger partial charge in [-0.15, -0.1) is 5.10 Å². The maximum atomic E-state index is 10.8. The van der Waals surface area contributed by atoms with Crippen LogP contribution in [0.15, 0.2) is 5.38 Å². The molecule has 70 valence electrons. The predicted molar refractivity (Wildman–Crippen MR) is 46.6 cm³/mol. The number of carboxylic acids is 1. The first kappa shape index (κ1) is 8.58. The van der Waals surface area contributed by atoms with Crippen molar-refractivity contribution >= 4 is 17.5 Å². The predicted octanol–water partition coefficient (Wildman–Crippen LogP) is -0.0743. The largest absolute Gasteiger partial charge is 0.481 e. The van der Waals surface area contributed by atoms with Gasteiger partial charge >= 0.3 is 5.97 Å². The highest BCUT2D eigenvalue weighted by molar-refractivity contribution is 7.03. The number of hydrogen-bond acceptors (Lipinski definition) is 5. The van der Waals surface area contributed by atoms with E-state index in [1.54, 1.807) is 0 Å². The smallest absolute Gasteiger partial charge is 0.308 e. The summed E-state index contributed by atoms with van der Waals surface area (Å²) in [5, 5.41) is 17.7. The Morgan fingerprint density at radius 1 is 1.69 bits per heavy atom. The molecular formula is C7H9N3O2S. The maximum absolute atomic E-state index is 10.8. The van der Waals surface area contributed by atoms with Crippen molar-refractivity contribution in [2.75, 3.05) is 13.1 Å². The third-order valence-corrected chi connectivity index (χ3v) is 2.81. The summed E-state index contributed by atoms with van der Waals surface area (Å²) in [6, 6.07) is 0. The zero-order valence-electron chi connectivity index (χ0n) is 6.80. The van der Waals surface area contributed by atoms with E-state index < -0.39 is 5.97 Å². The zero-order chi connectivity index (χ0) is 9.26. The Balaban J connectivity index is 2.19. The van der Waals surface area contributed by atoms with Crippen molar-refractivity contribution in [3.05, 3.63) is 11.1 Å². The lowest BCUT2D eigenvalue weighted by molar-refractivity contribution is -0.141. The summed E-state index contributed by atoms with van der Waals surface area (Å²) in [7, 11) is 0. The molecule has 2 rings (SSSR count). The standard InChI is InChI=1S/C7H9N3O2S/c11-7(12)5-2-8-1-4(5)6-3-13-10-9-6/h3-5,8H,1-2H2,(H,11,12). The van der Waals surface area contributed by atoms with E-state index in [-0.39, 0.29) is 11.8 Å². The van der Waals surface area contributed by atoms with Gasteiger partial charge < -0.3 is 10.4 Å². The van der Waals surface area contributed by atoms with Crippen LogP contribution in [0.25, 0.3) is 0 Å². The summed E-state index contributed by atoms with van der Waals surface area (Å²) in [6.45, 7) is 1.21. The molecule has 13 heavy (non-hydrogen) atoms. The number of rotatable bonds is 2. The summed E-state index contributed by atoms with van der Waals surface area (Å²) in [5.41, 5.74) is 0.794. The van der Waals surface area contributed by atoms with Gasteiger partial charge in [0.2, 0.25) is 0 Å². The first-order valence-corrected chi connectivity index (χ1v) is 4.83. The highest BCUT2D eigenvalue weighted by atomic mass is 32.1. The SMILES string of the molecule is O=C(O)C1CNCC1c1csnn1. The highest BCUT2D eigenvalue weighted by Crippen LogP contribution is 2.27. The van der Waals surface area contributed by atoms with Crippen molar-refractivity contribution in [1.29, 1.82) is 0 Å². The minimum absolute atomic E-state index is 0.0174. The van der Waals surface area contributed by atoms with Gasteiger partial charge in [-0.2, -0.15) is 0 Å². The Labute approximate surface area is 78.9 Å². The van der Waals surface area contributed by atoms with Crippen molar-refractivity contribution in [2.45, 2.75) is 5.92 Å². The van der Waals surface area contributed by atoms with E-state index in [0.29, 0.717) is 13.1 Å². The Bertz CT molecular complexity index is 301. The molecule has 1 fully saturated rings. The van der Waals surface area contributed by atoms with Gasteiger partial charge in [0.15, 0.2) is 0 Å². The van der Waals surface area contributed by atoms with Crippen molar-refractivity contribution in [1.82, 2.24) is 14.9 Å². The van der Waals surface area contributed by atoms with E-state index in [1.165, 1.54) is 11.5 Å². The molecule has 2 heterocycles. The zero-order valence-corrected chi connectivity index (χ0v) is 7.62. The topological polar surface area (TPSA) is 75.1 Å². The molecule has 0 spiro atoms. The molecule has 0 saturated carbocycles. The minimum atomic E-state index is -0.761. The van der Waals surface area contributed by atoms with Crippen LogP contribution in [0.4, 0.5) is 0 Å². The van der Waals surface area contributed by atoms with Crippen LogP contribution in [-0.4, -0.2) is 33.8 Å². The number of aromatic nitrogens is 2. The molecule has 0 aromatic carbocycles. The van der Waals surface area contributed by atoms with Crippen LogP contribution in [0, 0.1) is 5.92 Å². The summed E-state index contributed by atoms with van der Waals surface area (Å²) in [5.74, 6) is -1.14. The Morgan fingerprint density at radius 2 is 2.54 bits per heavy atom. The quantitative estimate of drug-likeness (QED) is 0.697. The number of carbonyl (C=O) groups is 1. The third kappa shape index (κ3) is 1.54. The van der Waals surface area contributed by atoms with E-state index in [9.17, 15) is 4.79 Å². The molecule has 1 saturated heterocycles. The van der Waals surface area contributed by atoms with Crippen LogP contribution in [-0.2, 0) is 4.79 Å². The van der Waals surface area contributed by atoms with Gasteiger partial charge in [-0.1, -0.05) is 4.49 Å². The van der Waals surface area contributed by atoms with Gasteiger partial charge in [0.1, 0.15) is 0 Å². The molecular weight excluding hydrogens is 190 g/mol. The second-order valence-electron chi connectivity index (χ2n) is 3.04. The average Bonchev–Trinajstić information content (AvgIpc) is 2.74. The molecule has 0 amide bonds.